The number of nitrogens with one attached hydrogen (secondary N) is 2. The van der Waals surface area contributed by atoms with Gasteiger partial charge in [0.2, 0.25) is 15.4 Å². The van der Waals surface area contributed by atoms with Gasteiger partial charge in [0.25, 0.3) is 20.0 Å². The van der Waals surface area contributed by atoms with E-state index in [1.165, 1.54) is 24.3 Å². The summed E-state index contributed by atoms with van der Waals surface area (Å²) in [6.07, 6.45) is 0.144. The number of amides is 1. The summed E-state index contributed by atoms with van der Waals surface area (Å²) in [5, 5.41) is 13.9. The van der Waals surface area contributed by atoms with Crippen LogP contribution in [0.15, 0.2) is 33.5 Å². The van der Waals surface area contributed by atoms with Crippen molar-refractivity contribution in [3.05, 3.63) is 24.3 Å². The van der Waals surface area contributed by atoms with E-state index in [2.05, 4.69) is 20.2 Å². The Morgan fingerprint density at radius 2 is 1.76 bits per heavy atom. The molecule has 0 unspecified atom stereocenters. The molecule has 1 aromatic heterocycles. The van der Waals surface area contributed by atoms with Gasteiger partial charge in [0, 0.05) is 18.7 Å². The third-order valence-corrected chi connectivity index (χ3v) is 6.32. The maximum absolute atomic E-state index is 12.2. The number of anilines is 2. The number of sulfonamides is 2. The fourth-order valence-corrected chi connectivity index (χ4v) is 4.18. The lowest BCUT2D eigenvalue weighted by Crippen LogP contribution is -2.16. The van der Waals surface area contributed by atoms with E-state index in [4.69, 9.17) is 10.9 Å². The molecule has 1 aromatic carbocycles. The number of carbonyl (C=O) groups excluding carboxylic acids is 1. The maximum Gasteiger partial charge on any atom is 0.267 e. The summed E-state index contributed by atoms with van der Waals surface area (Å²) in [6, 6.07) is 5.34. The van der Waals surface area contributed by atoms with Crippen molar-refractivity contribution in [1.29, 1.82) is 0 Å². The molecule has 1 amide bonds. The molecule has 0 aliphatic carbocycles. The molecule has 0 aliphatic heterocycles. The van der Waals surface area contributed by atoms with Crippen molar-refractivity contribution in [3.8, 4) is 0 Å². The number of primary sulfonamides is 1. The molecule has 2 aromatic rings. The monoisotopic (exact) mass is 406 g/mol. The normalized spacial score (nSPS) is 11.9. The van der Waals surface area contributed by atoms with Crippen molar-refractivity contribution in [1.82, 2.24) is 10.2 Å². The van der Waals surface area contributed by atoms with Gasteiger partial charge in [-0.2, -0.15) is 0 Å². The zero-order valence-corrected chi connectivity index (χ0v) is 15.0. The first-order valence-corrected chi connectivity index (χ1v) is 10.5. The van der Waals surface area contributed by atoms with Crippen molar-refractivity contribution in [2.75, 3.05) is 16.6 Å². The highest BCUT2D eigenvalue weighted by Crippen LogP contribution is 2.22. The Balaban J connectivity index is 2.14. The summed E-state index contributed by atoms with van der Waals surface area (Å²) in [4.78, 5) is 11.3. The van der Waals surface area contributed by atoms with E-state index in [0.29, 0.717) is 17.0 Å². The Morgan fingerprint density at radius 3 is 2.28 bits per heavy atom. The van der Waals surface area contributed by atoms with Crippen LogP contribution in [0.4, 0.5) is 10.8 Å². The van der Waals surface area contributed by atoms with Crippen LogP contribution in [0.1, 0.15) is 6.42 Å². The molecule has 0 spiro atoms. The molecule has 0 saturated carbocycles. The highest BCUT2D eigenvalue weighted by Gasteiger charge is 2.20. The van der Waals surface area contributed by atoms with Gasteiger partial charge >= 0.3 is 0 Å². The molecular weight excluding hydrogens is 392 g/mol. The fraction of sp³-hybridized carbons (Fsp3) is 0.182. The topological polar surface area (TPSA) is 187 Å². The summed E-state index contributed by atoms with van der Waals surface area (Å²) >= 11 is 0.484. The van der Waals surface area contributed by atoms with E-state index in [-0.39, 0.29) is 28.9 Å². The molecule has 1 heterocycles. The first-order chi connectivity index (χ1) is 11.6. The largest absolute Gasteiger partial charge is 0.330 e. The van der Waals surface area contributed by atoms with E-state index >= 15 is 0 Å². The second-order valence-corrected chi connectivity index (χ2v) is 9.03. The average Bonchev–Trinajstić information content (AvgIpc) is 2.96. The van der Waals surface area contributed by atoms with E-state index in [1.54, 1.807) is 0 Å². The number of aromatic nitrogens is 2. The van der Waals surface area contributed by atoms with Crippen molar-refractivity contribution < 1.29 is 21.6 Å². The second kappa shape index (κ2) is 7.40. The molecule has 0 radical (unpaired) electrons. The lowest BCUT2D eigenvalue weighted by atomic mass is 10.3. The van der Waals surface area contributed by atoms with E-state index in [9.17, 15) is 21.6 Å². The molecule has 14 heteroatoms. The van der Waals surface area contributed by atoms with Crippen molar-refractivity contribution in [2.24, 2.45) is 10.9 Å². The molecule has 136 valence electrons. The van der Waals surface area contributed by atoms with E-state index in [1.807, 2.05) is 0 Å². The minimum absolute atomic E-state index is 0.114. The predicted octanol–water partition coefficient (Wildman–Crippen LogP) is -0.726. The van der Waals surface area contributed by atoms with E-state index < -0.39 is 24.4 Å². The summed E-state index contributed by atoms with van der Waals surface area (Å²) in [6.45, 7) is 0.199. The van der Waals surface area contributed by atoms with Gasteiger partial charge < -0.3 is 11.1 Å². The number of hydrogen-bond acceptors (Lipinski definition) is 9. The Hall–Kier alpha value is -2.13. The van der Waals surface area contributed by atoms with Crippen LogP contribution in [-0.4, -0.2) is 39.5 Å². The molecule has 11 nitrogen and oxygen atoms in total. The SMILES string of the molecule is NCCC(=O)Nc1ccc(S(=O)(=O)Nc2nnc(S(N)(=O)=O)s2)cc1. The lowest BCUT2D eigenvalue weighted by Gasteiger charge is -2.07. The number of hydrogen-bond donors (Lipinski definition) is 4. The Morgan fingerprint density at radius 1 is 1.12 bits per heavy atom. The van der Waals surface area contributed by atoms with Crippen LogP contribution in [0.5, 0.6) is 0 Å². The number of benzene rings is 1. The highest BCUT2D eigenvalue weighted by atomic mass is 32.2. The van der Waals surface area contributed by atoms with Crippen LogP contribution in [0.25, 0.3) is 0 Å². The molecule has 6 N–H and O–H groups in total. The molecule has 0 bridgehead atoms. The Kier molecular flexibility index (Phi) is 5.69. The minimum atomic E-state index is -4.06. The zero-order chi connectivity index (χ0) is 18.7. The van der Waals surface area contributed by atoms with Crippen LogP contribution in [0, 0.1) is 0 Å². The Labute approximate surface area is 147 Å². The van der Waals surface area contributed by atoms with Crippen LogP contribution in [-0.2, 0) is 24.8 Å². The number of nitrogens with zero attached hydrogens (tertiary/aromatic N) is 2. The number of nitrogens with two attached hydrogens (primary N) is 2. The fourth-order valence-electron chi connectivity index (χ4n) is 1.61. The van der Waals surface area contributed by atoms with Crippen LogP contribution >= 0.6 is 11.3 Å². The molecule has 2 rings (SSSR count). The molecule has 0 atom stereocenters. The molecule has 25 heavy (non-hydrogen) atoms. The first kappa shape index (κ1) is 19.2. The smallest absolute Gasteiger partial charge is 0.267 e. The van der Waals surface area contributed by atoms with E-state index in [0.717, 1.165) is 0 Å². The van der Waals surface area contributed by atoms with Gasteiger partial charge in [-0.15, -0.1) is 10.2 Å². The number of rotatable bonds is 7. The quantitative estimate of drug-likeness (QED) is 0.463. The standard InChI is InChI=1S/C11H14N6O5S3/c12-6-5-9(18)14-7-1-3-8(4-2-7)25(21,22)17-10-15-16-11(23-10)24(13,19)20/h1-4H,5-6,12H2,(H,14,18)(H,15,17)(H2,13,19,20). The first-order valence-electron chi connectivity index (χ1n) is 6.61. The molecule has 0 fully saturated rings. The van der Waals surface area contributed by atoms with Crippen molar-refractivity contribution in [3.63, 3.8) is 0 Å². The molecule has 0 aliphatic rings. The Bertz CT molecular complexity index is 968. The van der Waals surface area contributed by atoms with Gasteiger partial charge in [-0.1, -0.05) is 11.3 Å². The van der Waals surface area contributed by atoms with Crippen LogP contribution < -0.4 is 20.9 Å². The summed E-state index contributed by atoms with van der Waals surface area (Å²) in [7, 11) is -8.07. The van der Waals surface area contributed by atoms with Crippen molar-refractivity contribution in [2.45, 2.75) is 15.7 Å². The number of carbonyl (C=O) groups is 1. The third-order valence-electron chi connectivity index (χ3n) is 2.69. The predicted molar refractivity (Wildman–Crippen MR) is 90.8 cm³/mol. The lowest BCUT2D eigenvalue weighted by molar-refractivity contribution is -0.116. The minimum Gasteiger partial charge on any atom is -0.330 e. The van der Waals surface area contributed by atoms with Gasteiger partial charge in [-0.25, -0.2) is 22.0 Å². The third kappa shape index (κ3) is 5.17. The van der Waals surface area contributed by atoms with Gasteiger partial charge in [-0.3, -0.25) is 9.52 Å². The second-order valence-electron chi connectivity index (χ2n) is 4.63. The highest BCUT2D eigenvalue weighted by molar-refractivity contribution is 7.93. The molecule has 0 saturated heterocycles. The average molecular weight is 406 g/mol. The summed E-state index contributed by atoms with van der Waals surface area (Å²) < 4.78 is 48.3. The zero-order valence-electron chi connectivity index (χ0n) is 12.5. The molecular formula is C11H14N6O5S3. The maximum atomic E-state index is 12.2. The summed E-state index contributed by atoms with van der Waals surface area (Å²) in [5.74, 6) is -0.291. The van der Waals surface area contributed by atoms with Crippen LogP contribution in [0.2, 0.25) is 0 Å². The van der Waals surface area contributed by atoms with Gasteiger partial charge in [-0.05, 0) is 24.3 Å². The van der Waals surface area contributed by atoms with Crippen molar-refractivity contribution >= 4 is 48.1 Å². The van der Waals surface area contributed by atoms with Gasteiger partial charge in [0.15, 0.2) is 0 Å². The van der Waals surface area contributed by atoms with Gasteiger partial charge in [0.1, 0.15) is 0 Å². The summed E-state index contributed by atoms with van der Waals surface area (Å²) in [5.41, 5.74) is 5.67. The van der Waals surface area contributed by atoms with Crippen LogP contribution in [0.3, 0.4) is 0 Å². The van der Waals surface area contributed by atoms with Gasteiger partial charge in [0.05, 0.1) is 4.90 Å².